The Balaban J connectivity index is 1.98. The molecular formula is C18H20N2O3S. The maximum Gasteiger partial charge on any atom is 0.239 e. The SMILES string of the molecule is Cc1cccc(NC(=O)CN(C)S(=O)(=O)/C=C/c2ccccc2)c1. The summed E-state index contributed by atoms with van der Waals surface area (Å²) in [6.45, 7) is 1.66. The van der Waals surface area contributed by atoms with Gasteiger partial charge in [-0.15, -0.1) is 0 Å². The van der Waals surface area contributed by atoms with E-state index in [-0.39, 0.29) is 12.5 Å². The molecule has 2 aromatic rings. The van der Waals surface area contributed by atoms with Crippen molar-refractivity contribution in [2.75, 3.05) is 18.9 Å². The van der Waals surface area contributed by atoms with E-state index in [1.165, 1.54) is 13.1 Å². The molecule has 0 saturated carbocycles. The molecule has 2 aromatic carbocycles. The van der Waals surface area contributed by atoms with E-state index in [4.69, 9.17) is 0 Å². The summed E-state index contributed by atoms with van der Waals surface area (Å²) in [6, 6.07) is 16.4. The highest BCUT2D eigenvalue weighted by molar-refractivity contribution is 7.92. The first-order chi connectivity index (χ1) is 11.4. The van der Waals surface area contributed by atoms with Crippen LogP contribution in [0.15, 0.2) is 60.0 Å². The average molecular weight is 344 g/mol. The van der Waals surface area contributed by atoms with Crippen LogP contribution >= 0.6 is 0 Å². The van der Waals surface area contributed by atoms with Gasteiger partial charge in [0.1, 0.15) is 0 Å². The molecule has 6 heteroatoms. The zero-order valence-corrected chi connectivity index (χ0v) is 14.5. The Morgan fingerprint density at radius 1 is 1.12 bits per heavy atom. The van der Waals surface area contributed by atoms with Gasteiger partial charge in [-0.05, 0) is 36.3 Å². The number of rotatable bonds is 6. The number of benzene rings is 2. The number of anilines is 1. The van der Waals surface area contributed by atoms with Crippen molar-refractivity contribution in [2.24, 2.45) is 0 Å². The van der Waals surface area contributed by atoms with Gasteiger partial charge in [-0.25, -0.2) is 8.42 Å². The molecule has 24 heavy (non-hydrogen) atoms. The molecule has 0 radical (unpaired) electrons. The standard InChI is InChI=1S/C18H20N2O3S/c1-15-7-6-10-17(13-15)19-18(21)14-20(2)24(22,23)12-11-16-8-4-3-5-9-16/h3-13H,14H2,1-2H3,(H,19,21)/b12-11+. The monoisotopic (exact) mass is 344 g/mol. The minimum atomic E-state index is -3.66. The Hall–Kier alpha value is -2.44. The summed E-state index contributed by atoms with van der Waals surface area (Å²) in [5.41, 5.74) is 2.43. The van der Waals surface area contributed by atoms with Gasteiger partial charge in [-0.3, -0.25) is 4.79 Å². The Bertz CT molecular complexity index is 830. The summed E-state index contributed by atoms with van der Waals surface area (Å²) in [4.78, 5) is 12.0. The van der Waals surface area contributed by atoms with Crippen LogP contribution in [0, 0.1) is 6.92 Å². The van der Waals surface area contributed by atoms with Gasteiger partial charge in [-0.1, -0.05) is 42.5 Å². The molecule has 2 rings (SSSR count). The Kier molecular flexibility index (Phi) is 5.89. The highest BCUT2D eigenvalue weighted by Crippen LogP contribution is 2.10. The van der Waals surface area contributed by atoms with Gasteiger partial charge in [0.05, 0.1) is 6.54 Å². The second-order valence-electron chi connectivity index (χ2n) is 5.43. The van der Waals surface area contributed by atoms with Gasteiger partial charge in [0.25, 0.3) is 0 Å². The second kappa shape index (κ2) is 7.90. The normalized spacial score (nSPS) is 11.8. The van der Waals surface area contributed by atoms with Crippen molar-refractivity contribution < 1.29 is 13.2 Å². The molecule has 0 atom stereocenters. The molecule has 0 aliphatic rings. The molecule has 0 unspecified atom stereocenters. The number of hydrogen-bond acceptors (Lipinski definition) is 3. The zero-order chi connectivity index (χ0) is 17.6. The third kappa shape index (κ3) is 5.33. The number of aryl methyl sites for hydroxylation is 1. The summed E-state index contributed by atoms with van der Waals surface area (Å²) in [6.07, 6.45) is 1.50. The summed E-state index contributed by atoms with van der Waals surface area (Å²) in [5.74, 6) is -0.389. The average Bonchev–Trinajstić information content (AvgIpc) is 2.54. The molecule has 1 N–H and O–H groups in total. The summed E-state index contributed by atoms with van der Waals surface area (Å²) < 4.78 is 25.4. The van der Waals surface area contributed by atoms with Crippen LogP contribution < -0.4 is 5.32 Å². The highest BCUT2D eigenvalue weighted by Gasteiger charge is 2.17. The van der Waals surface area contributed by atoms with Crippen molar-refractivity contribution >= 4 is 27.7 Å². The van der Waals surface area contributed by atoms with E-state index in [2.05, 4.69) is 5.32 Å². The molecular weight excluding hydrogens is 324 g/mol. The van der Waals surface area contributed by atoms with E-state index in [1.807, 2.05) is 43.3 Å². The van der Waals surface area contributed by atoms with Crippen LogP contribution in [-0.2, 0) is 14.8 Å². The third-order valence-corrected chi connectivity index (χ3v) is 4.81. The van der Waals surface area contributed by atoms with Crippen LogP contribution in [0.1, 0.15) is 11.1 Å². The number of amides is 1. The Morgan fingerprint density at radius 2 is 1.83 bits per heavy atom. The maximum atomic E-state index is 12.2. The molecule has 0 saturated heterocycles. The predicted molar refractivity (Wildman–Crippen MR) is 96.8 cm³/mol. The van der Waals surface area contributed by atoms with E-state index >= 15 is 0 Å². The number of nitrogens with zero attached hydrogens (tertiary/aromatic N) is 1. The fourth-order valence-corrected chi connectivity index (χ4v) is 2.88. The van der Waals surface area contributed by atoms with Crippen molar-refractivity contribution in [3.63, 3.8) is 0 Å². The summed E-state index contributed by atoms with van der Waals surface area (Å²) in [5, 5.41) is 3.79. The van der Waals surface area contributed by atoms with Crippen molar-refractivity contribution in [3.05, 3.63) is 71.1 Å². The molecule has 0 aliphatic heterocycles. The van der Waals surface area contributed by atoms with Gasteiger partial charge in [0.15, 0.2) is 0 Å². The van der Waals surface area contributed by atoms with Gasteiger partial charge in [0, 0.05) is 18.1 Å². The number of sulfonamides is 1. The van der Waals surface area contributed by atoms with E-state index in [1.54, 1.807) is 18.2 Å². The zero-order valence-electron chi connectivity index (χ0n) is 13.6. The van der Waals surface area contributed by atoms with Crippen molar-refractivity contribution in [1.82, 2.24) is 4.31 Å². The second-order valence-corrected chi connectivity index (χ2v) is 7.36. The predicted octanol–water partition coefficient (Wildman–Crippen LogP) is 2.87. The maximum absolute atomic E-state index is 12.2. The molecule has 1 amide bonds. The van der Waals surface area contributed by atoms with Crippen LogP contribution in [-0.4, -0.2) is 32.2 Å². The van der Waals surface area contributed by atoms with Gasteiger partial charge in [-0.2, -0.15) is 4.31 Å². The van der Waals surface area contributed by atoms with Crippen LogP contribution in [0.5, 0.6) is 0 Å². The first kappa shape index (κ1) is 17.9. The lowest BCUT2D eigenvalue weighted by Gasteiger charge is -2.14. The van der Waals surface area contributed by atoms with Crippen LogP contribution in [0.3, 0.4) is 0 Å². The van der Waals surface area contributed by atoms with E-state index in [0.717, 1.165) is 20.8 Å². The molecule has 0 spiro atoms. The number of carbonyl (C=O) groups excluding carboxylic acids is 1. The van der Waals surface area contributed by atoms with Gasteiger partial charge < -0.3 is 5.32 Å². The fraction of sp³-hybridized carbons (Fsp3) is 0.167. The quantitative estimate of drug-likeness (QED) is 0.876. The summed E-state index contributed by atoms with van der Waals surface area (Å²) >= 11 is 0. The highest BCUT2D eigenvalue weighted by atomic mass is 32.2. The molecule has 0 fully saturated rings. The fourth-order valence-electron chi connectivity index (χ4n) is 2.05. The summed E-state index contributed by atoms with van der Waals surface area (Å²) in [7, 11) is -2.29. The number of likely N-dealkylation sites (N-methyl/N-ethyl adjacent to an activating group) is 1. The lowest BCUT2D eigenvalue weighted by atomic mass is 10.2. The van der Waals surface area contributed by atoms with Crippen LogP contribution in [0.2, 0.25) is 0 Å². The van der Waals surface area contributed by atoms with E-state index < -0.39 is 10.0 Å². The minimum Gasteiger partial charge on any atom is -0.325 e. The third-order valence-electron chi connectivity index (χ3n) is 3.33. The smallest absolute Gasteiger partial charge is 0.239 e. The number of carbonyl (C=O) groups is 1. The Labute approximate surface area is 142 Å². The van der Waals surface area contributed by atoms with Crippen molar-refractivity contribution in [2.45, 2.75) is 6.92 Å². The first-order valence-corrected chi connectivity index (χ1v) is 8.93. The molecule has 5 nitrogen and oxygen atoms in total. The van der Waals surface area contributed by atoms with E-state index in [9.17, 15) is 13.2 Å². The lowest BCUT2D eigenvalue weighted by Crippen LogP contribution is -2.33. The molecule has 126 valence electrons. The topological polar surface area (TPSA) is 66.5 Å². The Morgan fingerprint density at radius 3 is 2.50 bits per heavy atom. The lowest BCUT2D eigenvalue weighted by molar-refractivity contribution is -0.116. The number of nitrogens with one attached hydrogen (secondary N) is 1. The molecule has 0 heterocycles. The minimum absolute atomic E-state index is 0.255. The number of hydrogen-bond donors (Lipinski definition) is 1. The van der Waals surface area contributed by atoms with Crippen LogP contribution in [0.4, 0.5) is 5.69 Å². The van der Waals surface area contributed by atoms with Crippen molar-refractivity contribution in [3.8, 4) is 0 Å². The first-order valence-electron chi connectivity index (χ1n) is 7.43. The van der Waals surface area contributed by atoms with Gasteiger partial charge >= 0.3 is 0 Å². The molecule has 0 bridgehead atoms. The molecule has 0 aromatic heterocycles. The van der Waals surface area contributed by atoms with Crippen LogP contribution in [0.25, 0.3) is 6.08 Å². The largest absolute Gasteiger partial charge is 0.325 e. The van der Waals surface area contributed by atoms with E-state index in [0.29, 0.717) is 5.69 Å². The molecule has 0 aliphatic carbocycles. The van der Waals surface area contributed by atoms with Gasteiger partial charge in [0.2, 0.25) is 15.9 Å². The van der Waals surface area contributed by atoms with Crippen molar-refractivity contribution in [1.29, 1.82) is 0 Å².